The third-order valence-electron chi connectivity index (χ3n) is 0.321. The molecule has 0 atom stereocenters. The van der Waals surface area contributed by atoms with E-state index in [0.717, 1.165) is 0 Å². The Morgan fingerprint density at radius 3 is 1.17 bits per heavy atom. The van der Waals surface area contributed by atoms with Crippen LogP contribution in [0.25, 0.3) is 0 Å². The van der Waals surface area contributed by atoms with Gasteiger partial charge in [-0.3, -0.25) is 0 Å². The lowest BCUT2D eigenvalue weighted by Gasteiger charge is -1.99. The first-order valence-electron chi connectivity index (χ1n) is 4.63. The van der Waals surface area contributed by atoms with Gasteiger partial charge in [0.1, 0.15) is 0 Å². The lowest BCUT2D eigenvalue weighted by Crippen LogP contribution is -2.18. The van der Waals surface area contributed by atoms with Crippen LogP contribution in [0.4, 0.5) is 0 Å². The Kier molecular flexibility index (Phi) is 90.3. The second-order valence-electron chi connectivity index (χ2n) is 1.01. The molecule has 0 aliphatic carbocycles. The Balaban J connectivity index is -0.0000000453. The van der Waals surface area contributed by atoms with Gasteiger partial charge >= 0.3 is 0 Å². The Labute approximate surface area is 78.4 Å². The third kappa shape index (κ3) is 121. The minimum atomic E-state index is 1.38. The van der Waals surface area contributed by atoms with Crippen LogP contribution in [0.15, 0.2) is 12.4 Å². The summed E-state index contributed by atoms with van der Waals surface area (Å²) in [7, 11) is 1.70. The highest BCUT2D eigenvalue weighted by atomic mass is 15.4. The number of hydrazine groups is 1. The van der Waals surface area contributed by atoms with Gasteiger partial charge in [-0.05, 0) is 0 Å². The molecule has 0 radical (unpaired) electrons. The van der Waals surface area contributed by atoms with E-state index in [1.807, 2.05) is 41.5 Å². The molecule has 0 aromatic heterocycles. The second-order valence-corrected chi connectivity index (χ2v) is 1.01. The van der Waals surface area contributed by atoms with E-state index < -0.39 is 0 Å². The first kappa shape index (κ1) is 22.5. The van der Waals surface area contributed by atoms with Crippen LogP contribution in [0.1, 0.15) is 41.5 Å². The quantitative estimate of drug-likeness (QED) is 0.477. The largest absolute Gasteiger partial charge is 0.403 e. The standard InChI is InChI=1S/C3H9N3.3C2H6/c1-6(5)3-2-4;3*1-2/h2-3H,4-5H2,1H3;3*1-2H3/b3-2-;;;. The molecule has 0 aromatic carbocycles. The smallest absolute Gasteiger partial charge is 0.0306 e. The van der Waals surface area contributed by atoms with Crippen molar-refractivity contribution in [1.29, 1.82) is 0 Å². The summed E-state index contributed by atoms with van der Waals surface area (Å²) in [5, 5.41) is 1.38. The Hall–Kier alpha value is -0.700. The Morgan fingerprint density at radius 2 is 1.17 bits per heavy atom. The molecule has 78 valence electrons. The predicted molar refractivity (Wildman–Crippen MR) is 59.3 cm³/mol. The SMILES string of the molecule is CC.CC.CC.CN(N)/C=C\N. The van der Waals surface area contributed by atoms with E-state index in [-0.39, 0.29) is 0 Å². The van der Waals surface area contributed by atoms with Crippen molar-refractivity contribution in [2.45, 2.75) is 41.5 Å². The van der Waals surface area contributed by atoms with Gasteiger partial charge in [0.05, 0.1) is 0 Å². The summed E-state index contributed by atoms with van der Waals surface area (Å²) in [6.45, 7) is 12.0. The van der Waals surface area contributed by atoms with Gasteiger partial charge in [0, 0.05) is 19.4 Å². The van der Waals surface area contributed by atoms with Crippen molar-refractivity contribution in [2.75, 3.05) is 7.05 Å². The monoisotopic (exact) mass is 177 g/mol. The molecule has 0 fully saturated rings. The van der Waals surface area contributed by atoms with Crippen molar-refractivity contribution < 1.29 is 0 Å². The van der Waals surface area contributed by atoms with Gasteiger partial charge < -0.3 is 10.7 Å². The molecular formula is C9H27N3. The topological polar surface area (TPSA) is 55.3 Å². The molecular weight excluding hydrogens is 150 g/mol. The van der Waals surface area contributed by atoms with Crippen molar-refractivity contribution >= 4 is 0 Å². The van der Waals surface area contributed by atoms with Crippen molar-refractivity contribution in [2.24, 2.45) is 11.6 Å². The van der Waals surface area contributed by atoms with Gasteiger partial charge in [0.15, 0.2) is 0 Å². The van der Waals surface area contributed by atoms with E-state index in [0.29, 0.717) is 0 Å². The van der Waals surface area contributed by atoms with E-state index in [1.165, 1.54) is 11.2 Å². The van der Waals surface area contributed by atoms with Crippen LogP contribution in [0, 0.1) is 0 Å². The zero-order chi connectivity index (χ0) is 11.0. The highest BCUT2D eigenvalue weighted by Gasteiger charge is 1.66. The predicted octanol–water partition coefficient (Wildman–Crippen LogP) is 2.30. The van der Waals surface area contributed by atoms with Crippen LogP contribution in [-0.4, -0.2) is 12.1 Å². The molecule has 0 aromatic rings. The molecule has 4 N–H and O–H groups in total. The van der Waals surface area contributed by atoms with Gasteiger partial charge in [-0.25, -0.2) is 5.84 Å². The highest BCUT2D eigenvalue weighted by Crippen LogP contribution is 1.62. The Bertz CT molecular complexity index is 51.7. The summed E-state index contributed by atoms with van der Waals surface area (Å²) in [6.07, 6.45) is 2.93. The fraction of sp³-hybridized carbons (Fsp3) is 0.778. The molecule has 0 unspecified atom stereocenters. The van der Waals surface area contributed by atoms with E-state index in [1.54, 1.807) is 13.2 Å². The van der Waals surface area contributed by atoms with Crippen LogP contribution in [0.2, 0.25) is 0 Å². The van der Waals surface area contributed by atoms with Crippen LogP contribution in [0.3, 0.4) is 0 Å². The molecule has 0 aliphatic heterocycles. The lowest BCUT2D eigenvalue weighted by atomic mass is 10.9. The highest BCUT2D eigenvalue weighted by molar-refractivity contribution is 4.69. The molecule has 0 saturated heterocycles. The summed E-state index contributed by atoms with van der Waals surface area (Å²) in [6, 6.07) is 0. The van der Waals surface area contributed by atoms with Gasteiger partial charge in [-0.2, -0.15) is 0 Å². The lowest BCUT2D eigenvalue weighted by molar-refractivity contribution is 0.484. The van der Waals surface area contributed by atoms with E-state index >= 15 is 0 Å². The summed E-state index contributed by atoms with van der Waals surface area (Å²) in [5.74, 6) is 5.07. The first-order chi connectivity index (χ1) is 5.77. The molecule has 0 saturated carbocycles. The second kappa shape index (κ2) is 48.2. The molecule has 0 aliphatic rings. The van der Waals surface area contributed by atoms with Crippen LogP contribution < -0.4 is 11.6 Å². The number of nitrogens with zero attached hydrogens (tertiary/aromatic N) is 1. The molecule has 0 spiro atoms. The van der Waals surface area contributed by atoms with Gasteiger partial charge in [0.25, 0.3) is 0 Å². The van der Waals surface area contributed by atoms with Crippen molar-refractivity contribution in [1.82, 2.24) is 5.01 Å². The number of hydrogen-bond acceptors (Lipinski definition) is 3. The minimum Gasteiger partial charge on any atom is -0.403 e. The molecule has 0 bridgehead atoms. The Morgan fingerprint density at radius 1 is 0.917 bits per heavy atom. The number of hydrogen-bond donors (Lipinski definition) is 2. The maximum Gasteiger partial charge on any atom is 0.0306 e. The maximum atomic E-state index is 5.07. The summed E-state index contributed by atoms with van der Waals surface area (Å²) in [5.41, 5.74) is 4.93. The van der Waals surface area contributed by atoms with Gasteiger partial charge in [-0.15, -0.1) is 0 Å². The van der Waals surface area contributed by atoms with Crippen molar-refractivity contribution in [3.8, 4) is 0 Å². The third-order valence-corrected chi connectivity index (χ3v) is 0.321. The van der Waals surface area contributed by atoms with Crippen LogP contribution >= 0.6 is 0 Å². The molecule has 0 amide bonds. The fourth-order valence-corrected chi connectivity index (χ4v) is 0.136. The average Bonchev–Trinajstić information content (AvgIpc) is 2.14. The normalized spacial score (nSPS) is 6.33. The van der Waals surface area contributed by atoms with Crippen LogP contribution in [0.5, 0.6) is 0 Å². The number of rotatable bonds is 1. The maximum absolute atomic E-state index is 5.07. The molecule has 3 nitrogen and oxygen atoms in total. The van der Waals surface area contributed by atoms with E-state index in [9.17, 15) is 0 Å². The molecule has 0 heterocycles. The first-order valence-corrected chi connectivity index (χ1v) is 4.63. The zero-order valence-electron chi connectivity index (χ0n) is 9.76. The summed E-state index contributed by atoms with van der Waals surface area (Å²) in [4.78, 5) is 0. The van der Waals surface area contributed by atoms with E-state index in [2.05, 4.69) is 0 Å². The van der Waals surface area contributed by atoms with Crippen molar-refractivity contribution in [3.05, 3.63) is 12.4 Å². The van der Waals surface area contributed by atoms with Crippen molar-refractivity contribution in [3.63, 3.8) is 0 Å². The van der Waals surface area contributed by atoms with Gasteiger partial charge in [-0.1, -0.05) is 41.5 Å². The van der Waals surface area contributed by atoms with E-state index in [4.69, 9.17) is 11.6 Å². The summed E-state index contributed by atoms with van der Waals surface area (Å²) < 4.78 is 0. The van der Waals surface area contributed by atoms with Crippen LogP contribution in [-0.2, 0) is 0 Å². The fourth-order valence-electron chi connectivity index (χ4n) is 0.136. The number of nitrogens with two attached hydrogens (primary N) is 2. The average molecular weight is 177 g/mol. The minimum absolute atomic E-state index is 1.38. The zero-order valence-corrected chi connectivity index (χ0v) is 9.76. The molecule has 12 heavy (non-hydrogen) atoms. The summed E-state index contributed by atoms with van der Waals surface area (Å²) >= 11 is 0. The van der Waals surface area contributed by atoms with Gasteiger partial charge in [0.2, 0.25) is 0 Å². The molecule has 3 heteroatoms. The molecule has 0 rings (SSSR count).